The number of fused-ring (bicyclic) bond motifs is 1. The van der Waals surface area contributed by atoms with Crippen molar-refractivity contribution >= 4 is 46.3 Å². The molecule has 2 N–H and O–H groups in total. The minimum atomic E-state index is -1.11. The number of pyridine rings is 1. The second-order valence-electron chi connectivity index (χ2n) is 16.8. The molecule has 12 heteroatoms. The number of benzene rings is 1. The highest BCUT2D eigenvalue weighted by atomic mass is 32.1. The number of nitrogens with one attached hydrogen (secondary N) is 1. The molecule has 54 heavy (non-hydrogen) atoms. The minimum absolute atomic E-state index is 0.0301. The summed E-state index contributed by atoms with van der Waals surface area (Å²) in [7, 11) is 3.50. The maximum absolute atomic E-state index is 13.7. The maximum atomic E-state index is 13.7. The second kappa shape index (κ2) is 12.9. The van der Waals surface area contributed by atoms with Gasteiger partial charge in [0.1, 0.15) is 11.6 Å². The number of thiazole rings is 1. The second-order valence-corrected chi connectivity index (χ2v) is 17.8. The zero-order chi connectivity index (χ0) is 38.2. The van der Waals surface area contributed by atoms with Gasteiger partial charge in [0.25, 0.3) is 5.91 Å². The van der Waals surface area contributed by atoms with Gasteiger partial charge in [0.2, 0.25) is 0 Å². The molecule has 11 nitrogen and oxygen atoms in total. The van der Waals surface area contributed by atoms with E-state index in [-0.39, 0.29) is 33.4 Å². The zero-order valence-corrected chi connectivity index (χ0v) is 32.6. The molecule has 2 atom stereocenters. The number of hydrogen-bond acceptors (Lipinski definition) is 9. The minimum Gasteiger partial charge on any atom is -0.496 e. The average Bonchev–Trinajstić information content (AvgIpc) is 3.70. The van der Waals surface area contributed by atoms with E-state index in [9.17, 15) is 14.7 Å². The number of aromatic carboxylic acids is 1. The van der Waals surface area contributed by atoms with Gasteiger partial charge in [0.15, 0.2) is 10.8 Å². The van der Waals surface area contributed by atoms with Gasteiger partial charge in [0, 0.05) is 54.7 Å². The number of anilines is 2. The molecule has 5 aliphatic rings. The summed E-state index contributed by atoms with van der Waals surface area (Å²) < 4.78 is 14.1. The van der Waals surface area contributed by atoms with Crippen LogP contribution in [0, 0.1) is 23.2 Å². The summed E-state index contributed by atoms with van der Waals surface area (Å²) in [5, 5.41) is 18.8. The SMILES string of the molecule is C=Cc1nc(NC(=O)c2ccc(OC)c3c2CN(c2ccc(-c4cnn(CC56CC7(C)CC(C)(C5)CC(OC)(C7)C6)c4C)c(C(=O)O)n2)CC3)sc1C=C. The van der Waals surface area contributed by atoms with Crippen LogP contribution < -0.4 is 15.0 Å². The molecule has 1 aromatic carbocycles. The third kappa shape index (κ3) is 6.03. The number of hydrogen-bond donors (Lipinski definition) is 2. The van der Waals surface area contributed by atoms with Crippen LogP contribution in [0.4, 0.5) is 10.9 Å². The lowest BCUT2D eigenvalue weighted by Crippen LogP contribution is -2.64. The molecule has 4 heterocycles. The molecular formula is C42H48N6O5S. The van der Waals surface area contributed by atoms with Crippen LogP contribution in [-0.2, 0) is 24.2 Å². The molecule has 4 aromatic rings. The van der Waals surface area contributed by atoms with Crippen molar-refractivity contribution in [1.29, 1.82) is 0 Å². The van der Waals surface area contributed by atoms with Gasteiger partial charge in [-0.05, 0) is 110 Å². The molecule has 1 aliphatic heterocycles. The van der Waals surface area contributed by atoms with Crippen LogP contribution in [0.15, 0.2) is 43.6 Å². The number of carbonyl (C=O) groups excluding carboxylic acids is 1. The van der Waals surface area contributed by atoms with Gasteiger partial charge in [-0.15, -0.1) is 0 Å². The van der Waals surface area contributed by atoms with Crippen molar-refractivity contribution in [2.75, 3.05) is 31.0 Å². The van der Waals surface area contributed by atoms with E-state index >= 15 is 0 Å². The predicted molar refractivity (Wildman–Crippen MR) is 211 cm³/mol. The number of nitrogens with zero attached hydrogens (tertiary/aromatic N) is 5. The Kier molecular flexibility index (Phi) is 8.65. The number of carboxylic acid groups (broad SMARTS) is 1. The molecule has 4 aliphatic carbocycles. The molecule has 282 valence electrons. The highest BCUT2D eigenvalue weighted by Gasteiger charge is 2.66. The first-order chi connectivity index (χ1) is 25.7. The number of aromatic nitrogens is 4. The Bertz CT molecular complexity index is 2180. The first-order valence-corrected chi connectivity index (χ1v) is 19.4. The van der Waals surface area contributed by atoms with Crippen LogP contribution in [-0.4, -0.2) is 63.1 Å². The smallest absolute Gasteiger partial charge is 0.355 e. The fourth-order valence-electron chi connectivity index (χ4n) is 11.5. The summed E-state index contributed by atoms with van der Waals surface area (Å²) in [5.41, 5.74) is 5.57. The monoisotopic (exact) mass is 748 g/mol. The van der Waals surface area contributed by atoms with Gasteiger partial charge in [-0.1, -0.05) is 38.3 Å². The van der Waals surface area contributed by atoms with Crippen LogP contribution in [0.25, 0.3) is 23.3 Å². The normalized spacial score (nSPS) is 26.7. The number of carboxylic acids is 1. The van der Waals surface area contributed by atoms with Gasteiger partial charge in [-0.2, -0.15) is 5.10 Å². The van der Waals surface area contributed by atoms with E-state index in [1.54, 1.807) is 31.5 Å². The standard InChI is InChI=1S/C42H48N6O5S/c1-8-31-33(9-2)54-38(44-31)46-36(49)28-10-12-32(52-6)26-14-15-47(17-30(26)28)34-13-11-27(35(45-34)37(50)51)29-16-43-48(25(29)3)24-41-19-39(4)18-40(5,20-41)22-42(21-39,23-41)53-7/h8-13,16H,1-2,14-15,17-24H2,3-7H3,(H,50,51)(H,44,46,49). The summed E-state index contributed by atoms with van der Waals surface area (Å²) in [4.78, 5) is 38.6. The van der Waals surface area contributed by atoms with Crippen LogP contribution in [0.1, 0.15) is 101 Å². The van der Waals surface area contributed by atoms with Crippen LogP contribution in [0.2, 0.25) is 0 Å². The molecule has 4 saturated carbocycles. The Morgan fingerprint density at radius 3 is 2.39 bits per heavy atom. The van der Waals surface area contributed by atoms with Crippen molar-refractivity contribution in [2.45, 2.75) is 84.4 Å². The van der Waals surface area contributed by atoms with E-state index in [1.807, 2.05) is 37.1 Å². The van der Waals surface area contributed by atoms with Gasteiger partial charge < -0.3 is 19.5 Å². The van der Waals surface area contributed by atoms with E-state index in [0.29, 0.717) is 53.0 Å². The Balaban J connectivity index is 1.07. The van der Waals surface area contributed by atoms with Crippen molar-refractivity contribution in [1.82, 2.24) is 19.7 Å². The average molecular weight is 749 g/mol. The van der Waals surface area contributed by atoms with Crippen molar-refractivity contribution in [3.63, 3.8) is 0 Å². The van der Waals surface area contributed by atoms with Crippen molar-refractivity contribution in [3.8, 4) is 16.9 Å². The van der Waals surface area contributed by atoms with E-state index in [2.05, 4.69) is 42.0 Å². The lowest BCUT2D eigenvalue weighted by molar-refractivity contribution is -0.239. The van der Waals surface area contributed by atoms with E-state index in [1.165, 1.54) is 17.8 Å². The fraction of sp³-hybridized carbons (Fsp3) is 0.452. The molecule has 1 amide bonds. The van der Waals surface area contributed by atoms with Gasteiger partial charge in [0.05, 0.1) is 29.5 Å². The molecule has 4 fully saturated rings. The number of methoxy groups -OCH3 is 2. The highest BCUT2D eigenvalue weighted by molar-refractivity contribution is 7.16. The van der Waals surface area contributed by atoms with Crippen molar-refractivity contribution < 1.29 is 24.2 Å². The van der Waals surface area contributed by atoms with Gasteiger partial charge >= 0.3 is 5.97 Å². The van der Waals surface area contributed by atoms with Crippen molar-refractivity contribution in [2.24, 2.45) is 16.2 Å². The number of carbonyl (C=O) groups is 2. The Morgan fingerprint density at radius 2 is 1.74 bits per heavy atom. The summed E-state index contributed by atoms with van der Waals surface area (Å²) in [5.74, 6) is -0.183. The maximum Gasteiger partial charge on any atom is 0.355 e. The Hall–Kier alpha value is -4.81. The fourth-order valence-corrected chi connectivity index (χ4v) is 12.3. The lowest BCUT2D eigenvalue weighted by atomic mass is 9.39. The zero-order valence-electron chi connectivity index (χ0n) is 31.8. The molecule has 9 rings (SSSR count). The number of amides is 1. The predicted octanol–water partition coefficient (Wildman–Crippen LogP) is 8.28. The van der Waals surface area contributed by atoms with Crippen LogP contribution >= 0.6 is 11.3 Å². The van der Waals surface area contributed by atoms with E-state index < -0.39 is 5.97 Å². The molecule has 4 bridgehead atoms. The van der Waals surface area contributed by atoms with Gasteiger partial charge in [-0.25, -0.2) is 14.8 Å². The molecule has 2 unspecified atom stereocenters. The molecule has 3 aromatic heterocycles. The summed E-state index contributed by atoms with van der Waals surface area (Å²) >= 11 is 1.33. The number of ether oxygens (including phenoxy) is 2. The first kappa shape index (κ1) is 36.2. The lowest BCUT2D eigenvalue weighted by Gasteiger charge is -2.69. The highest BCUT2D eigenvalue weighted by Crippen LogP contribution is 2.72. The molecule has 0 saturated heterocycles. The van der Waals surface area contributed by atoms with Crippen molar-refractivity contribution in [3.05, 3.63) is 82.3 Å². The number of rotatable bonds is 11. The molecular weight excluding hydrogens is 701 g/mol. The topological polar surface area (TPSA) is 132 Å². The Morgan fingerprint density at radius 1 is 0.981 bits per heavy atom. The summed E-state index contributed by atoms with van der Waals surface area (Å²) in [6, 6.07) is 7.28. The quantitative estimate of drug-likeness (QED) is 0.156. The van der Waals surface area contributed by atoms with E-state index in [4.69, 9.17) is 19.6 Å². The molecule has 0 spiro atoms. The van der Waals surface area contributed by atoms with Crippen LogP contribution in [0.5, 0.6) is 5.75 Å². The first-order valence-electron chi connectivity index (χ1n) is 18.6. The van der Waals surface area contributed by atoms with E-state index in [0.717, 1.165) is 65.9 Å². The Labute approximate surface area is 320 Å². The van der Waals surface area contributed by atoms with Crippen LogP contribution in [0.3, 0.4) is 0 Å². The summed E-state index contributed by atoms with van der Waals surface area (Å²) in [6.45, 7) is 16.2. The molecule has 0 radical (unpaired) electrons. The van der Waals surface area contributed by atoms with Gasteiger partial charge in [-0.3, -0.25) is 14.8 Å². The third-order valence-electron chi connectivity index (χ3n) is 12.5. The summed E-state index contributed by atoms with van der Waals surface area (Å²) in [6.07, 6.45) is 12.5. The largest absolute Gasteiger partial charge is 0.496 e. The third-order valence-corrected chi connectivity index (χ3v) is 13.5.